The monoisotopic (exact) mass is 554 g/mol. The number of Topliss-reactive ketones (excluding diaryl/α,β-unsaturated/α-hetero) is 1. The Labute approximate surface area is 239 Å². The number of halogens is 1. The minimum Gasteiger partial charge on any atom is -0.384 e. The summed E-state index contributed by atoms with van der Waals surface area (Å²) in [4.78, 5) is 21.2. The molecular formula is C32H31ClN4OS. The lowest BCUT2D eigenvalue weighted by Gasteiger charge is -2.44. The van der Waals surface area contributed by atoms with Crippen molar-refractivity contribution in [3.05, 3.63) is 111 Å². The number of carbonyl (C=O) groups is 1. The zero-order valence-electron chi connectivity index (χ0n) is 22.6. The Morgan fingerprint density at radius 1 is 1.15 bits per heavy atom. The standard InChI is InChI=1S/C32H31ClN4OS/c1-19-12-20(2)25(13-21(19)18-39-24-9-7-22(33)8-10-24)29-26(16-34)31(35)37(23-6-5-11-36-17-23)27-14-32(3,4)15-28(38)30(27)29/h5-13,17,29H,14-15,18,35H2,1-4H3. The second-order valence-electron chi connectivity index (χ2n) is 11.1. The maximum atomic E-state index is 13.9. The van der Waals surface area contributed by atoms with Crippen LogP contribution >= 0.6 is 23.4 Å². The van der Waals surface area contributed by atoms with Crippen molar-refractivity contribution in [3.63, 3.8) is 0 Å². The number of aryl methyl sites for hydroxylation is 2. The molecule has 0 spiro atoms. The molecule has 2 aliphatic rings. The number of nitriles is 1. The van der Waals surface area contributed by atoms with Gasteiger partial charge in [-0.2, -0.15) is 5.26 Å². The summed E-state index contributed by atoms with van der Waals surface area (Å²) in [5, 5.41) is 11.2. The van der Waals surface area contributed by atoms with Crippen molar-refractivity contribution in [2.45, 2.75) is 57.1 Å². The number of hydrogen-bond acceptors (Lipinski definition) is 6. The van der Waals surface area contributed by atoms with Crippen molar-refractivity contribution < 1.29 is 4.79 Å². The normalized spacial score (nSPS) is 18.7. The maximum absolute atomic E-state index is 13.9. The van der Waals surface area contributed by atoms with Gasteiger partial charge in [-0.05, 0) is 84.3 Å². The highest BCUT2D eigenvalue weighted by atomic mass is 35.5. The number of anilines is 1. The van der Waals surface area contributed by atoms with Gasteiger partial charge in [-0.1, -0.05) is 37.6 Å². The van der Waals surface area contributed by atoms with Gasteiger partial charge in [0.15, 0.2) is 5.78 Å². The van der Waals surface area contributed by atoms with Gasteiger partial charge in [-0.25, -0.2) is 0 Å². The van der Waals surface area contributed by atoms with Crippen molar-refractivity contribution >= 4 is 34.8 Å². The summed E-state index contributed by atoms with van der Waals surface area (Å²) in [5.41, 5.74) is 13.6. The van der Waals surface area contributed by atoms with Crippen LogP contribution in [0.2, 0.25) is 5.02 Å². The predicted molar refractivity (Wildman–Crippen MR) is 158 cm³/mol. The number of allylic oxidation sites excluding steroid dienone is 3. The Morgan fingerprint density at radius 2 is 1.90 bits per heavy atom. The Morgan fingerprint density at radius 3 is 2.56 bits per heavy atom. The van der Waals surface area contributed by atoms with E-state index in [0.717, 1.165) is 38.7 Å². The molecule has 39 heavy (non-hydrogen) atoms. The van der Waals surface area contributed by atoms with E-state index in [4.69, 9.17) is 17.3 Å². The van der Waals surface area contributed by atoms with E-state index in [9.17, 15) is 10.1 Å². The SMILES string of the molecule is Cc1cc(C)c(C2C(C#N)=C(N)N(c3cccnc3)C3=C2C(=O)CC(C)(C)C3)cc1CSc1ccc(Cl)cc1. The first-order valence-electron chi connectivity index (χ1n) is 12.9. The Balaban J connectivity index is 1.65. The van der Waals surface area contributed by atoms with Crippen molar-refractivity contribution in [1.82, 2.24) is 4.98 Å². The molecule has 1 aromatic heterocycles. The molecule has 2 aromatic carbocycles. The van der Waals surface area contributed by atoms with Crippen LogP contribution in [0.3, 0.4) is 0 Å². The van der Waals surface area contributed by atoms with Gasteiger partial charge in [0.1, 0.15) is 5.82 Å². The first kappa shape index (κ1) is 27.1. The summed E-state index contributed by atoms with van der Waals surface area (Å²) in [6, 6.07) is 18.3. The van der Waals surface area contributed by atoms with E-state index in [1.807, 2.05) is 41.3 Å². The van der Waals surface area contributed by atoms with Crippen molar-refractivity contribution in [3.8, 4) is 6.07 Å². The number of ketones is 1. The van der Waals surface area contributed by atoms with Gasteiger partial charge in [0.05, 0.1) is 29.4 Å². The molecule has 1 unspecified atom stereocenters. The van der Waals surface area contributed by atoms with Gasteiger partial charge in [-0.3, -0.25) is 14.7 Å². The Hall–Kier alpha value is -3.53. The summed E-state index contributed by atoms with van der Waals surface area (Å²) < 4.78 is 0. The molecule has 2 N–H and O–H groups in total. The number of carbonyl (C=O) groups excluding carboxylic acids is 1. The highest BCUT2D eigenvalue weighted by Gasteiger charge is 2.45. The third-order valence-electron chi connectivity index (χ3n) is 7.53. The lowest BCUT2D eigenvalue weighted by Crippen LogP contribution is -2.42. The lowest BCUT2D eigenvalue weighted by molar-refractivity contribution is -0.118. The molecule has 0 fully saturated rings. The molecule has 1 atom stereocenters. The van der Waals surface area contributed by atoms with Gasteiger partial charge in [0, 0.05) is 39.6 Å². The summed E-state index contributed by atoms with van der Waals surface area (Å²) in [7, 11) is 0. The van der Waals surface area contributed by atoms with Gasteiger partial charge >= 0.3 is 0 Å². The molecule has 0 bridgehead atoms. The third-order valence-corrected chi connectivity index (χ3v) is 8.84. The van der Waals surface area contributed by atoms with Crippen LogP contribution in [0.4, 0.5) is 5.69 Å². The van der Waals surface area contributed by atoms with E-state index in [1.54, 1.807) is 24.2 Å². The lowest BCUT2D eigenvalue weighted by atomic mass is 9.68. The predicted octanol–water partition coefficient (Wildman–Crippen LogP) is 7.59. The summed E-state index contributed by atoms with van der Waals surface area (Å²) in [6.07, 6.45) is 4.52. The fourth-order valence-electron chi connectivity index (χ4n) is 5.68. The van der Waals surface area contributed by atoms with Crippen LogP contribution in [-0.4, -0.2) is 10.8 Å². The minimum atomic E-state index is -0.513. The molecule has 7 heteroatoms. The fourth-order valence-corrected chi connectivity index (χ4v) is 6.76. The van der Waals surface area contributed by atoms with Crippen LogP contribution in [0, 0.1) is 30.6 Å². The Kier molecular flexibility index (Phi) is 7.33. The first-order chi connectivity index (χ1) is 18.6. The third kappa shape index (κ3) is 5.22. The van der Waals surface area contributed by atoms with Crippen LogP contribution in [0.5, 0.6) is 0 Å². The fraction of sp³-hybridized carbons (Fsp3) is 0.281. The van der Waals surface area contributed by atoms with E-state index in [1.165, 1.54) is 5.56 Å². The molecule has 1 aliphatic carbocycles. The number of benzene rings is 2. The molecule has 5 rings (SSSR count). The van der Waals surface area contributed by atoms with Gasteiger partial charge < -0.3 is 5.73 Å². The quantitative estimate of drug-likeness (QED) is 0.327. The van der Waals surface area contributed by atoms with Crippen LogP contribution in [-0.2, 0) is 10.5 Å². The number of pyridine rings is 1. The summed E-state index contributed by atoms with van der Waals surface area (Å²) in [6.45, 7) is 8.37. The van der Waals surface area contributed by atoms with E-state index in [2.05, 4.69) is 50.9 Å². The molecule has 0 amide bonds. The smallest absolute Gasteiger partial charge is 0.162 e. The van der Waals surface area contributed by atoms with E-state index in [-0.39, 0.29) is 11.2 Å². The maximum Gasteiger partial charge on any atom is 0.162 e. The van der Waals surface area contributed by atoms with Gasteiger partial charge in [0.2, 0.25) is 0 Å². The van der Waals surface area contributed by atoms with Crippen LogP contribution in [0.1, 0.15) is 54.9 Å². The van der Waals surface area contributed by atoms with Crippen LogP contribution in [0.15, 0.2) is 88.5 Å². The van der Waals surface area contributed by atoms with E-state index >= 15 is 0 Å². The summed E-state index contributed by atoms with van der Waals surface area (Å²) >= 11 is 7.79. The number of rotatable bonds is 5. The molecule has 3 aromatic rings. The van der Waals surface area contributed by atoms with Crippen LogP contribution in [0.25, 0.3) is 0 Å². The molecular weight excluding hydrogens is 524 g/mol. The highest BCUT2D eigenvalue weighted by Crippen LogP contribution is 2.50. The average Bonchev–Trinajstić information content (AvgIpc) is 2.88. The van der Waals surface area contributed by atoms with E-state index < -0.39 is 5.92 Å². The molecule has 0 radical (unpaired) electrons. The van der Waals surface area contributed by atoms with Crippen molar-refractivity contribution in [1.29, 1.82) is 5.26 Å². The molecule has 198 valence electrons. The second-order valence-corrected chi connectivity index (χ2v) is 12.6. The number of thioether (sulfide) groups is 1. The zero-order valence-corrected chi connectivity index (χ0v) is 24.2. The molecule has 5 nitrogen and oxygen atoms in total. The molecule has 1 aliphatic heterocycles. The minimum absolute atomic E-state index is 0.0671. The number of nitrogens with two attached hydrogens (primary N) is 1. The molecule has 2 heterocycles. The topological polar surface area (TPSA) is 83.0 Å². The van der Waals surface area contributed by atoms with Gasteiger partial charge in [-0.15, -0.1) is 11.8 Å². The second kappa shape index (κ2) is 10.6. The highest BCUT2D eigenvalue weighted by molar-refractivity contribution is 7.98. The average molecular weight is 555 g/mol. The molecule has 0 saturated carbocycles. The largest absolute Gasteiger partial charge is 0.384 e. The zero-order chi connectivity index (χ0) is 27.9. The molecule has 0 saturated heterocycles. The first-order valence-corrected chi connectivity index (χ1v) is 14.3. The number of aromatic nitrogens is 1. The van der Waals surface area contributed by atoms with E-state index in [0.29, 0.717) is 34.8 Å². The Bertz CT molecular complexity index is 1550. The van der Waals surface area contributed by atoms with Crippen molar-refractivity contribution in [2.75, 3.05) is 4.90 Å². The van der Waals surface area contributed by atoms with Crippen LogP contribution < -0.4 is 10.6 Å². The number of hydrogen-bond donors (Lipinski definition) is 1. The summed E-state index contributed by atoms with van der Waals surface area (Å²) in [5.74, 6) is 0.666. The van der Waals surface area contributed by atoms with Gasteiger partial charge in [0.25, 0.3) is 0 Å². The number of nitrogens with zero attached hydrogens (tertiary/aromatic N) is 3. The van der Waals surface area contributed by atoms with Crippen molar-refractivity contribution in [2.24, 2.45) is 11.1 Å².